The molecule has 1 aliphatic heterocycles. The standard InChI is InChI=1S/C28H23ClF3N5OS/c1-39-26-16-34-25-13-19(4-7-24(25)35-26)18-2-5-21(6-3-18)37(17-28(30,31)32)22-12-20(15-33)27(23(29)14-22)36-8-10-38-11-9-36/h2-7,12-14,16H,8-11,17H2,1H3. The van der Waals surface area contributed by atoms with Crippen molar-refractivity contribution in [1.82, 2.24) is 9.97 Å². The molecule has 1 saturated heterocycles. The largest absolute Gasteiger partial charge is 0.406 e. The molecule has 0 atom stereocenters. The molecule has 0 aliphatic carbocycles. The molecule has 0 bridgehead atoms. The number of fused-ring (bicyclic) bond motifs is 1. The van der Waals surface area contributed by atoms with Gasteiger partial charge in [0, 0.05) is 24.5 Å². The summed E-state index contributed by atoms with van der Waals surface area (Å²) in [5.41, 5.74) is 4.41. The van der Waals surface area contributed by atoms with E-state index in [9.17, 15) is 18.4 Å². The molecule has 0 saturated carbocycles. The van der Waals surface area contributed by atoms with Crippen LogP contribution in [0.1, 0.15) is 5.56 Å². The molecule has 4 aromatic rings. The maximum atomic E-state index is 13.7. The molecule has 3 aromatic carbocycles. The van der Waals surface area contributed by atoms with Crippen molar-refractivity contribution in [2.75, 3.05) is 48.9 Å². The third-order valence-corrected chi connectivity index (χ3v) is 7.29. The smallest absolute Gasteiger partial charge is 0.378 e. The average molecular weight is 570 g/mol. The number of nitrogens with zero attached hydrogens (tertiary/aromatic N) is 5. The first-order valence-electron chi connectivity index (χ1n) is 12.1. The molecule has 0 spiro atoms. The zero-order valence-corrected chi connectivity index (χ0v) is 22.4. The number of benzene rings is 3. The van der Waals surface area contributed by atoms with Gasteiger partial charge in [-0.05, 0) is 53.8 Å². The number of nitriles is 1. The average Bonchev–Trinajstić information content (AvgIpc) is 2.95. The van der Waals surface area contributed by atoms with Gasteiger partial charge in [-0.25, -0.2) is 4.98 Å². The van der Waals surface area contributed by atoms with E-state index in [4.69, 9.17) is 16.3 Å². The van der Waals surface area contributed by atoms with Crippen LogP contribution in [-0.2, 0) is 4.74 Å². The zero-order valence-electron chi connectivity index (χ0n) is 20.9. The molecule has 6 nitrogen and oxygen atoms in total. The van der Waals surface area contributed by atoms with E-state index in [-0.39, 0.29) is 16.3 Å². The molecule has 0 amide bonds. The number of rotatable bonds is 6. The van der Waals surface area contributed by atoms with Gasteiger partial charge in [-0.3, -0.25) is 4.98 Å². The van der Waals surface area contributed by atoms with Crippen molar-refractivity contribution >= 4 is 51.5 Å². The lowest BCUT2D eigenvalue weighted by Crippen LogP contribution is -2.37. The first kappa shape index (κ1) is 27.1. The van der Waals surface area contributed by atoms with Gasteiger partial charge in [0.15, 0.2) is 0 Å². The highest BCUT2D eigenvalue weighted by Crippen LogP contribution is 2.39. The van der Waals surface area contributed by atoms with E-state index in [0.717, 1.165) is 32.1 Å². The van der Waals surface area contributed by atoms with Crippen LogP contribution in [0.3, 0.4) is 0 Å². The van der Waals surface area contributed by atoms with Crippen molar-refractivity contribution in [3.63, 3.8) is 0 Å². The molecule has 1 fully saturated rings. The Hall–Kier alpha value is -3.52. The van der Waals surface area contributed by atoms with Crippen molar-refractivity contribution < 1.29 is 17.9 Å². The summed E-state index contributed by atoms with van der Waals surface area (Å²) < 4.78 is 46.5. The summed E-state index contributed by atoms with van der Waals surface area (Å²) in [5.74, 6) is 0. The number of hydrogen-bond acceptors (Lipinski definition) is 7. The third-order valence-electron chi connectivity index (χ3n) is 6.39. The second-order valence-electron chi connectivity index (χ2n) is 8.90. The van der Waals surface area contributed by atoms with E-state index in [1.54, 1.807) is 30.5 Å². The van der Waals surface area contributed by atoms with Crippen LogP contribution in [0.25, 0.3) is 22.2 Å². The Morgan fingerprint density at radius 1 is 1.03 bits per heavy atom. The van der Waals surface area contributed by atoms with Crippen molar-refractivity contribution in [3.8, 4) is 17.2 Å². The minimum absolute atomic E-state index is 0.184. The third kappa shape index (κ3) is 6.06. The maximum Gasteiger partial charge on any atom is 0.406 e. The Kier molecular flexibility index (Phi) is 7.84. The molecule has 11 heteroatoms. The lowest BCUT2D eigenvalue weighted by Gasteiger charge is -2.32. The summed E-state index contributed by atoms with van der Waals surface area (Å²) in [7, 11) is 0. The summed E-state index contributed by atoms with van der Waals surface area (Å²) >= 11 is 8.08. The van der Waals surface area contributed by atoms with Crippen LogP contribution in [-0.4, -0.2) is 55.2 Å². The van der Waals surface area contributed by atoms with E-state index in [1.807, 2.05) is 29.4 Å². The highest BCUT2D eigenvalue weighted by Gasteiger charge is 2.32. The number of hydrogen-bond donors (Lipinski definition) is 0. The van der Waals surface area contributed by atoms with Crippen molar-refractivity contribution in [2.45, 2.75) is 11.2 Å². The SMILES string of the molecule is CSc1cnc2cc(-c3ccc(N(CC(F)(F)F)c4cc(Cl)c(N5CCOCC5)c(C#N)c4)cc3)ccc2n1. The summed E-state index contributed by atoms with van der Waals surface area (Å²) in [6.07, 6.45) is -0.852. The summed E-state index contributed by atoms with van der Waals surface area (Å²) in [4.78, 5) is 12.0. The number of halogens is 4. The van der Waals surface area contributed by atoms with E-state index in [2.05, 4.69) is 16.0 Å². The number of ether oxygens (including phenoxy) is 1. The summed E-state index contributed by atoms with van der Waals surface area (Å²) in [6.45, 7) is 0.811. The Morgan fingerprint density at radius 2 is 1.74 bits per heavy atom. The minimum Gasteiger partial charge on any atom is -0.378 e. The highest BCUT2D eigenvalue weighted by molar-refractivity contribution is 7.98. The molecule has 200 valence electrons. The fourth-order valence-electron chi connectivity index (χ4n) is 4.55. The number of thioether (sulfide) groups is 1. The zero-order chi connectivity index (χ0) is 27.6. The van der Waals surface area contributed by atoms with Crippen LogP contribution < -0.4 is 9.80 Å². The molecule has 0 unspecified atom stereocenters. The lowest BCUT2D eigenvalue weighted by molar-refractivity contribution is -0.118. The van der Waals surface area contributed by atoms with E-state index in [0.29, 0.717) is 37.7 Å². The molecule has 5 rings (SSSR count). The Bertz CT molecular complexity index is 1540. The van der Waals surface area contributed by atoms with Gasteiger partial charge in [-0.15, -0.1) is 11.8 Å². The number of anilines is 3. The van der Waals surface area contributed by atoms with E-state index < -0.39 is 12.7 Å². The number of aromatic nitrogens is 2. The van der Waals surface area contributed by atoms with Crippen molar-refractivity contribution in [1.29, 1.82) is 5.26 Å². The summed E-state index contributed by atoms with van der Waals surface area (Å²) in [5, 5.41) is 10.9. The van der Waals surface area contributed by atoms with E-state index >= 15 is 0 Å². The Labute approximate surface area is 233 Å². The number of alkyl halides is 3. The summed E-state index contributed by atoms with van der Waals surface area (Å²) in [6, 6.07) is 17.5. The van der Waals surface area contributed by atoms with Gasteiger partial charge in [0.25, 0.3) is 0 Å². The van der Waals surface area contributed by atoms with Crippen LogP contribution >= 0.6 is 23.4 Å². The van der Waals surface area contributed by atoms with Crippen LogP contribution in [0.4, 0.5) is 30.2 Å². The Morgan fingerprint density at radius 3 is 2.41 bits per heavy atom. The van der Waals surface area contributed by atoms with Crippen molar-refractivity contribution in [3.05, 3.63) is 71.4 Å². The first-order chi connectivity index (χ1) is 18.8. The first-order valence-corrected chi connectivity index (χ1v) is 13.7. The van der Waals surface area contributed by atoms with Gasteiger partial charge < -0.3 is 14.5 Å². The maximum absolute atomic E-state index is 13.7. The lowest BCUT2D eigenvalue weighted by atomic mass is 10.0. The molecule has 0 N–H and O–H groups in total. The van der Waals surface area contributed by atoms with E-state index in [1.165, 1.54) is 23.9 Å². The normalized spacial score (nSPS) is 13.9. The van der Waals surface area contributed by atoms with Gasteiger partial charge >= 0.3 is 6.18 Å². The van der Waals surface area contributed by atoms with Gasteiger partial charge in [-0.2, -0.15) is 18.4 Å². The van der Waals surface area contributed by atoms with Gasteiger partial charge in [0.05, 0.1) is 46.7 Å². The molecule has 0 radical (unpaired) electrons. The second-order valence-corrected chi connectivity index (χ2v) is 10.1. The van der Waals surface area contributed by atoms with Gasteiger partial charge in [0.1, 0.15) is 17.6 Å². The molecule has 1 aromatic heterocycles. The minimum atomic E-state index is -4.49. The predicted octanol–water partition coefficient (Wildman–Crippen LogP) is 7.08. The van der Waals surface area contributed by atoms with Crippen LogP contribution in [0.15, 0.2) is 65.8 Å². The van der Waals surface area contributed by atoms with Crippen LogP contribution in [0, 0.1) is 11.3 Å². The Balaban J connectivity index is 1.49. The quantitative estimate of drug-likeness (QED) is 0.230. The predicted molar refractivity (Wildman–Crippen MR) is 149 cm³/mol. The molecule has 1 aliphatic rings. The van der Waals surface area contributed by atoms with Gasteiger partial charge in [0.2, 0.25) is 0 Å². The van der Waals surface area contributed by atoms with Gasteiger partial charge in [-0.1, -0.05) is 29.8 Å². The van der Waals surface area contributed by atoms with Crippen LogP contribution in [0.5, 0.6) is 0 Å². The topological polar surface area (TPSA) is 65.3 Å². The molecule has 39 heavy (non-hydrogen) atoms. The monoisotopic (exact) mass is 569 g/mol. The highest BCUT2D eigenvalue weighted by atomic mass is 35.5. The fraction of sp³-hybridized carbons (Fsp3) is 0.250. The number of morpholine rings is 1. The molecular formula is C28H23ClF3N5OS. The second kappa shape index (κ2) is 11.3. The van der Waals surface area contributed by atoms with Crippen LogP contribution in [0.2, 0.25) is 5.02 Å². The van der Waals surface area contributed by atoms with Crippen molar-refractivity contribution in [2.24, 2.45) is 0 Å². The fourth-order valence-corrected chi connectivity index (χ4v) is 5.23. The molecular weight excluding hydrogens is 547 g/mol. The molecule has 2 heterocycles.